The summed E-state index contributed by atoms with van der Waals surface area (Å²) in [6, 6.07) is 18.7. The molecule has 0 spiro atoms. The second kappa shape index (κ2) is 9.59. The summed E-state index contributed by atoms with van der Waals surface area (Å²) in [4.78, 5) is 26.2. The van der Waals surface area contributed by atoms with E-state index in [0.29, 0.717) is 19.5 Å². The number of carbonyl (C=O) groups is 2. The van der Waals surface area contributed by atoms with Gasteiger partial charge in [-0.15, -0.1) is 0 Å². The van der Waals surface area contributed by atoms with Gasteiger partial charge in [0.25, 0.3) is 0 Å². The summed E-state index contributed by atoms with van der Waals surface area (Å²) < 4.78 is 0. The quantitative estimate of drug-likeness (QED) is 0.769. The number of rotatable bonds is 8. The molecule has 0 bridgehead atoms. The fraction of sp³-hybridized carbons (Fsp3) is 0.300. The van der Waals surface area contributed by atoms with Crippen LogP contribution < -0.4 is 11.1 Å². The summed E-state index contributed by atoms with van der Waals surface area (Å²) in [6.07, 6.45) is 0.447. The van der Waals surface area contributed by atoms with Crippen LogP contribution in [0, 0.1) is 0 Å². The fourth-order valence-electron chi connectivity index (χ4n) is 2.55. The van der Waals surface area contributed by atoms with Crippen LogP contribution in [0.5, 0.6) is 0 Å². The van der Waals surface area contributed by atoms with Crippen LogP contribution in [0.4, 0.5) is 0 Å². The highest BCUT2D eigenvalue weighted by molar-refractivity contribution is 5.87. The van der Waals surface area contributed by atoms with E-state index in [1.165, 1.54) is 0 Å². The van der Waals surface area contributed by atoms with Gasteiger partial charge in [0.2, 0.25) is 11.8 Å². The van der Waals surface area contributed by atoms with Crippen molar-refractivity contribution in [2.45, 2.75) is 25.9 Å². The van der Waals surface area contributed by atoms with Crippen LogP contribution in [-0.2, 0) is 22.6 Å². The average molecular weight is 339 g/mol. The molecule has 5 nitrogen and oxygen atoms in total. The van der Waals surface area contributed by atoms with Gasteiger partial charge in [-0.3, -0.25) is 9.59 Å². The van der Waals surface area contributed by atoms with E-state index in [1.807, 2.05) is 67.6 Å². The lowest BCUT2D eigenvalue weighted by Crippen LogP contribution is -2.46. The predicted octanol–water partition coefficient (Wildman–Crippen LogP) is 1.72. The molecule has 0 aliphatic heterocycles. The van der Waals surface area contributed by atoms with Gasteiger partial charge in [0, 0.05) is 13.1 Å². The molecule has 0 aliphatic carbocycles. The Balaban J connectivity index is 1.82. The molecule has 0 heterocycles. The number of nitrogens with two attached hydrogens (primary N) is 1. The van der Waals surface area contributed by atoms with E-state index in [9.17, 15) is 9.59 Å². The lowest BCUT2D eigenvalue weighted by molar-refractivity contribution is -0.133. The lowest BCUT2D eigenvalue weighted by atomic mass is 10.1. The minimum atomic E-state index is -0.667. The maximum absolute atomic E-state index is 12.3. The maximum Gasteiger partial charge on any atom is 0.242 e. The lowest BCUT2D eigenvalue weighted by Gasteiger charge is -2.22. The summed E-state index contributed by atoms with van der Waals surface area (Å²) in [7, 11) is 0. The van der Waals surface area contributed by atoms with Gasteiger partial charge in [-0.25, -0.2) is 0 Å². The number of hydrogen-bond acceptors (Lipinski definition) is 3. The van der Waals surface area contributed by atoms with E-state index in [1.54, 1.807) is 4.90 Å². The molecule has 0 aromatic heterocycles. The number of hydrogen-bond donors (Lipinski definition) is 2. The van der Waals surface area contributed by atoms with Crippen LogP contribution in [0.3, 0.4) is 0 Å². The molecular formula is C20H25N3O2. The molecule has 2 rings (SSSR count). The SMILES string of the molecule is CCN(Cc1ccccc1)C(=O)CNC(=O)[C@@H](N)Cc1ccccc1. The van der Waals surface area contributed by atoms with Gasteiger partial charge < -0.3 is 16.0 Å². The first kappa shape index (κ1) is 18.7. The third-order valence-electron chi connectivity index (χ3n) is 4.00. The topological polar surface area (TPSA) is 75.4 Å². The van der Waals surface area contributed by atoms with Gasteiger partial charge in [0.05, 0.1) is 12.6 Å². The Morgan fingerprint density at radius 3 is 2.12 bits per heavy atom. The third kappa shape index (κ3) is 6.04. The molecular weight excluding hydrogens is 314 g/mol. The molecule has 0 unspecified atom stereocenters. The molecule has 3 N–H and O–H groups in total. The molecule has 0 saturated carbocycles. The number of benzene rings is 2. The average Bonchev–Trinajstić information content (AvgIpc) is 2.65. The van der Waals surface area contributed by atoms with Crippen molar-refractivity contribution in [2.75, 3.05) is 13.1 Å². The monoisotopic (exact) mass is 339 g/mol. The van der Waals surface area contributed by atoms with Crippen LogP contribution in [0.2, 0.25) is 0 Å². The number of nitrogens with one attached hydrogen (secondary N) is 1. The molecule has 2 amide bonds. The van der Waals surface area contributed by atoms with E-state index < -0.39 is 6.04 Å². The zero-order valence-corrected chi connectivity index (χ0v) is 14.5. The third-order valence-corrected chi connectivity index (χ3v) is 4.00. The molecule has 25 heavy (non-hydrogen) atoms. The Kier molecular flexibility index (Phi) is 7.16. The molecule has 0 aliphatic rings. The highest BCUT2D eigenvalue weighted by Crippen LogP contribution is 2.05. The van der Waals surface area contributed by atoms with Crippen molar-refractivity contribution in [2.24, 2.45) is 5.73 Å². The van der Waals surface area contributed by atoms with Gasteiger partial charge in [-0.2, -0.15) is 0 Å². The Labute approximate surface area is 148 Å². The van der Waals surface area contributed by atoms with Crippen LogP contribution in [-0.4, -0.2) is 35.8 Å². The van der Waals surface area contributed by atoms with Crippen LogP contribution >= 0.6 is 0 Å². The second-order valence-corrected chi connectivity index (χ2v) is 5.91. The van der Waals surface area contributed by atoms with E-state index >= 15 is 0 Å². The van der Waals surface area contributed by atoms with Gasteiger partial charge in [0.15, 0.2) is 0 Å². The van der Waals surface area contributed by atoms with E-state index in [-0.39, 0.29) is 18.4 Å². The number of likely N-dealkylation sites (N-methyl/N-ethyl adjacent to an activating group) is 1. The summed E-state index contributed by atoms with van der Waals surface area (Å²) in [6.45, 7) is 2.99. The van der Waals surface area contributed by atoms with Crippen molar-refractivity contribution in [1.29, 1.82) is 0 Å². The van der Waals surface area contributed by atoms with E-state index in [0.717, 1.165) is 11.1 Å². The van der Waals surface area contributed by atoms with Crippen LogP contribution in [0.15, 0.2) is 60.7 Å². The Morgan fingerprint density at radius 1 is 1.00 bits per heavy atom. The normalized spacial score (nSPS) is 11.6. The smallest absolute Gasteiger partial charge is 0.242 e. The van der Waals surface area contributed by atoms with Crippen molar-refractivity contribution >= 4 is 11.8 Å². The minimum Gasteiger partial charge on any atom is -0.346 e. The van der Waals surface area contributed by atoms with Crippen molar-refractivity contribution in [3.8, 4) is 0 Å². The molecule has 0 saturated heterocycles. The summed E-state index contributed by atoms with van der Waals surface area (Å²) in [5.41, 5.74) is 7.99. The first-order valence-electron chi connectivity index (χ1n) is 8.49. The summed E-state index contributed by atoms with van der Waals surface area (Å²) in [5.74, 6) is -0.431. The number of carbonyl (C=O) groups excluding carboxylic acids is 2. The molecule has 0 radical (unpaired) electrons. The standard InChI is InChI=1S/C20H25N3O2/c1-2-23(15-17-11-7-4-8-12-17)19(24)14-22-20(25)18(21)13-16-9-5-3-6-10-16/h3-12,18H,2,13-15,21H2,1H3,(H,22,25)/t18-/m0/s1. The van der Waals surface area contributed by atoms with Crippen LogP contribution in [0.1, 0.15) is 18.1 Å². The van der Waals surface area contributed by atoms with Gasteiger partial charge in [-0.1, -0.05) is 60.7 Å². The molecule has 5 heteroatoms. The molecule has 1 atom stereocenters. The molecule has 132 valence electrons. The highest BCUT2D eigenvalue weighted by Gasteiger charge is 2.17. The first-order chi connectivity index (χ1) is 12.1. The van der Waals surface area contributed by atoms with Crippen molar-refractivity contribution in [3.05, 3.63) is 71.8 Å². The van der Waals surface area contributed by atoms with Crippen molar-refractivity contribution in [1.82, 2.24) is 10.2 Å². The zero-order chi connectivity index (χ0) is 18.1. The Hall–Kier alpha value is -2.66. The van der Waals surface area contributed by atoms with Crippen molar-refractivity contribution < 1.29 is 9.59 Å². The second-order valence-electron chi connectivity index (χ2n) is 5.91. The largest absolute Gasteiger partial charge is 0.346 e. The predicted molar refractivity (Wildman–Crippen MR) is 98.7 cm³/mol. The fourth-order valence-corrected chi connectivity index (χ4v) is 2.55. The molecule has 2 aromatic carbocycles. The first-order valence-corrected chi connectivity index (χ1v) is 8.49. The van der Waals surface area contributed by atoms with Gasteiger partial charge in [-0.05, 0) is 24.5 Å². The minimum absolute atomic E-state index is 0.0397. The van der Waals surface area contributed by atoms with Gasteiger partial charge >= 0.3 is 0 Å². The van der Waals surface area contributed by atoms with Crippen molar-refractivity contribution in [3.63, 3.8) is 0 Å². The number of amides is 2. The molecule has 0 fully saturated rings. The zero-order valence-electron chi connectivity index (χ0n) is 14.5. The maximum atomic E-state index is 12.3. The Morgan fingerprint density at radius 2 is 1.56 bits per heavy atom. The van der Waals surface area contributed by atoms with Crippen LogP contribution in [0.25, 0.3) is 0 Å². The summed E-state index contributed by atoms with van der Waals surface area (Å²) in [5, 5.41) is 2.65. The molecule has 2 aromatic rings. The highest BCUT2D eigenvalue weighted by atomic mass is 16.2. The van der Waals surface area contributed by atoms with E-state index in [2.05, 4.69) is 5.32 Å². The number of nitrogens with zero attached hydrogens (tertiary/aromatic N) is 1. The van der Waals surface area contributed by atoms with Gasteiger partial charge in [0.1, 0.15) is 0 Å². The Bertz CT molecular complexity index is 674. The summed E-state index contributed by atoms with van der Waals surface area (Å²) >= 11 is 0. The van der Waals surface area contributed by atoms with E-state index in [4.69, 9.17) is 5.73 Å².